The summed E-state index contributed by atoms with van der Waals surface area (Å²) in [7, 11) is 0. The van der Waals surface area contributed by atoms with E-state index in [1.807, 2.05) is 13.0 Å². The number of nitrogens with zero attached hydrogens (tertiary/aromatic N) is 3. The second-order valence-corrected chi connectivity index (χ2v) is 8.05. The Labute approximate surface area is 206 Å². The van der Waals surface area contributed by atoms with Crippen LogP contribution in [-0.4, -0.2) is 26.9 Å². The average Bonchev–Trinajstić information content (AvgIpc) is 3.37. The van der Waals surface area contributed by atoms with Gasteiger partial charge in [-0.2, -0.15) is 4.98 Å². The van der Waals surface area contributed by atoms with E-state index in [0.29, 0.717) is 34.7 Å². The number of nitrogens with one attached hydrogen (secondary N) is 2. The number of benzene rings is 2. The van der Waals surface area contributed by atoms with Crippen molar-refractivity contribution in [2.45, 2.75) is 26.4 Å². The molecular formula is C25H22ClN5O4. The van der Waals surface area contributed by atoms with E-state index in [-0.39, 0.29) is 18.7 Å². The van der Waals surface area contributed by atoms with Crippen molar-refractivity contribution >= 4 is 23.4 Å². The molecule has 0 fully saturated rings. The number of hydrazine groups is 1. The first-order valence-corrected chi connectivity index (χ1v) is 11.2. The number of rotatable bonds is 8. The van der Waals surface area contributed by atoms with E-state index in [1.54, 1.807) is 60.9 Å². The third-order valence-electron chi connectivity index (χ3n) is 5.04. The lowest BCUT2D eigenvalue weighted by molar-refractivity contribution is -0.121. The summed E-state index contributed by atoms with van der Waals surface area (Å²) in [5.74, 6) is 0.644. The van der Waals surface area contributed by atoms with Gasteiger partial charge in [-0.1, -0.05) is 28.9 Å². The predicted molar refractivity (Wildman–Crippen MR) is 128 cm³/mol. The molecule has 2 aromatic heterocycles. The maximum absolute atomic E-state index is 12.3. The summed E-state index contributed by atoms with van der Waals surface area (Å²) in [6, 6.07) is 15.9. The summed E-state index contributed by atoms with van der Waals surface area (Å²) in [5, 5.41) is 4.58. The molecule has 0 bridgehead atoms. The topological polar surface area (TPSA) is 119 Å². The molecule has 0 aliphatic heterocycles. The fraction of sp³-hybridized carbons (Fsp3) is 0.160. The van der Waals surface area contributed by atoms with E-state index >= 15 is 0 Å². The fourth-order valence-corrected chi connectivity index (χ4v) is 3.20. The highest BCUT2D eigenvalue weighted by atomic mass is 35.5. The molecule has 2 N–H and O–H groups in total. The van der Waals surface area contributed by atoms with Gasteiger partial charge in [0.25, 0.3) is 5.91 Å². The molecular weight excluding hydrogens is 470 g/mol. The highest BCUT2D eigenvalue weighted by Gasteiger charge is 2.12. The van der Waals surface area contributed by atoms with Gasteiger partial charge in [0.1, 0.15) is 12.4 Å². The van der Waals surface area contributed by atoms with Gasteiger partial charge in [0.05, 0.1) is 0 Å². The number of hydrogen-bond donors (Lipinski definition) is 2. The second kappa shape index (κ2) is 11.3. The van der Waals surface area contributed by atoms with E-state index in [2.05, 4.69) is 26.0 Å². The molecule has 35 heavy (non-hydrogen) atoms. The van der Waals surface area contributed by atoms with Gasteiger partial charge in [-0.3, -0.25) is 25.4 Å². The minimum Gasteiger partial charge on any atom is -0.489 e. The van der Waals surface area contributed by atoms with Gasteiger partial charge in [0.15, 0.2) is 0 Å². The van der Waals surface area contributed by atoms with Crippen molar-refractivity contribution in [2.24, 2.45) is 0 Å². The van der Waals surface area contributed by atoms with E-state index in [0.717, 1.165) is 16.7 Å². The number of aromatic nitrogens is 3. The zero-order chi connectivity index (χ0) is 24.6. The van der Waals surface area contributed by atoms with Crippen LogP contribution in [0.25, 0.3) is 11.4 Å². The van der Waals surface area contributed by atoms with Gasteiger partial charge in [0.2, 0.25) is 17.6 Å². The molecule has 0 spiro atoms. The zero-order valence-corrected chi connectivity index (χ0v) is 19.6. The Balaban J connectivity index is 1.20. The first-order valence-electron chi connectivity index (χ1n) is 10.8. The summed E-state index contributed by atoms with van der Waals surface area (Å²) >= 11 is 6.03. The lowest BCUT2D eigenvalue weighted by atomic mass is 10.1. The molecule has 2 heterocycles. The van der Waals surface area contributed by atoms with Crippen molar-refractivity contribution in [1.29, 1.82) is 0 Å². The Morgan fingerprint density at radius 3 is 2.54 bits per heavy atom. The zero-order valence-electron chi connectivity index (χ0n) is 18.8. The lowest BCUT2D eigenvalue weighted by Gasteiger charge is -2.09. The molecule has 0 aliphatic carbocycles. The largest absolute Gasteiger partial charge is 0.489 e. The Morgan fingerprint density at radius 2 is 1.80 bits per heavy atom. The highest BCUT2D eigenvalue weighted by molar-refractivity contribution is 6.31. The molecule has 2 aromatic carbocycles. The molecule has 2 amide bonds. The summed E-state index contributed by atoms with van der Waals surface area (Å²) in [6.07, 6.45) is 3.57. The maximum atomic E-state index is 12.3. The first-order chi connectivity index (χ1) is 17.0. The average molecular weight is 492 g/mol. The van der Waals surface area contributed by atoms with E-state index in [4.69, 9.17) is 20.9 Å². The van der Waals surface area contributed by atoms with Crippen molar-refractivity contribution in [3.63, 3.8) is 0 Å². The second-order valence-electron chi connectivity index (χ2n) is 7.65. The Kier molecular flexibility index (Phi) is 7.69. The number of pyridine rings is 1. The van der Waals surface area contributed by atoms with Crippen LogP contribution in [0.15, 0.2) is 71.5 Å². The maximum Gasteiger partial charge on any atom is 0.269 e. The van der Waals surface area contributed by atoms with Crippen LogP contribution >= 0.6 is 11.6 Å². The number of ether oxygens (including phenoxy) is 1. The van der Waals surface area contributed by atoms with E-state index in [1.165, 1.54) is 0 Å². The molecule has 9 nitrogen and oxygen atoms in total. The molecule has 10 heteroatoms. The fourth-order valence-electron chi connectivity index (χ4n) is 3.08. The smallest absolute Gasteiger partial charge is 0.269 e. The molecule has 178 valence electrons. The van der Waals surface area contributed by atoms with Gasteiger partial charge in [-0.25, -0.2) is 0 Å². The molecule has 0 saturated heterocycles. The molecule has 0 atom stereocenters. The summed E-state index contributed by atoms with van der Waals surface area (Å²) < 4.78 is 10.9. The minimum atomic E-state index is -0.433. The SMILES string of the molecule is Cc1cc(OCc2ccc(C(=O)NNC(=O)CCc3nc(-c4ccncc4)no3)cc2)ccc1Cl. The first kappa shape index (κ1) is 23.9. The number of carbonyl (C=O) groups excluding carboxylic acids is 2. The number of hydrogen-bond acceptors (Lipinski definition) is 7. The van der Waals surface area contributed by atoms with Crippen LogP contribution in [0.1, 0.15) is 33.8 Å². The van der Waals surface area contributed by atoms with Crippen LogP contribution in [0.4, 0.5) is 0 Å². The Morgan fingerprint density at radius 1 is 1.03 bits per heavy atom. The van der Waals surface area contributed by atoms with Crippen LogP contribution in [-0.2, 0) is 17.8 Å². The number of amides is 2. The van der Waals surface area contributed by atoms with Crippen molar-refractivity contribution in [3.8, 4) is 17.1 Å². The summed E-state index contributed by atoms with van der Waals surface area (Å²) in [4.78, 5) is 32.6. The molecule has 4 aromatic rings. The summed E-state index contributed by atoms with van der Waals surface area (Å²) in [6.45, 7) is 2.25. The lowest BCUT2D eigenvalue weighted by Crippen LogP contribution is -2.41. The van der Waals surface area contributed by atoms with Crippen LogP contribution in [0, 0.1) is 6.92 Å². The van der Waals surface area contributed by atoms with Gasteiger partial charge in [-0.15, -0.1) is 0 Å². The third kappa shape index (κ3) is 6.64. The highest BCUT2D eigenvalue weighted by Crippen LogP contribution is 2.22. The van der Waals surface area contributed by atoms with Gasteiger partial charge < -0.3 is 9.26 Å². The minimum absolute atomic E-state index is 0.0682. The Hall–Kier alpha value is -4.24. The van der Waals surface area contributed by atoms with Crippen molar-refractivity contribution in [3.05, 3.63) is 94.6 Å². The van der Waals surface area contributed by atoms with Crippen molar-refractivity contribution in [2.75, 3.05) is 0 Å². The molecule has 0 saturated carbocycles. The van der Waals surface area contributed by atoms with Gasteiger partial charge >= 0.3 is 0 Å². The van der Waals surface area contributed by atoms with Gasteiger partial charge in [0, 0.05) is 41.4 Å². The number of carbonyl (C=O) groups is 2. The van der Waals surface area contributed by atoms with Crippen LogP contribution in [0.3, 0.4) is 0 Å². The predicted octanol–water partition coefficient (Wildman–Crippen LogP) is 4.07. The normalized spacial score (nSPS) is 10.6. The molecule has 0 aliphatic rings. The van der Waals surface area contributed by atoms with Crippen LogP contribution in [0.2, 0.25) is 5.02 Å². The van der Waals surface area contributed by atoms with E-state index in [9.17, 15) is 9.59 Å². The molecule has 4 rings (SSSR count). The van der Waals surface area contributed by atoms with Crippen LogP contribution in [0.5, 0.6) is 5.75 Å². The monoisotopic (exact) mass is 491 g/mol. The van der Waals surface area contributed by atoms with Crippen LogP contribution < -0.4 is 15.6 Å². The molecule has 0 unspecified atom stereocenters. The number of halogens is 1. The Bertz CT molecular complexity index is 1310. The van der Waals surface area contributed by atoms with E-state index < -0.39 is 5.91 Å². The third-order valence-corrected chi connectivity index (χ3v) is 5.46. The number of aryl methyl sites for hydroxylation is 2. The molecule has 0 radical (unpaired) electrons. The summed E-state index contributed by atoms with van der Waals surface area (Å²) in [5.41, 5.74) is 7.78. The van der Waals surface area contributed by atoms with Crippen molar-refractivity contribution in [1.82, 2.24) is 26.0 Å². The van der Waals surface area contributed by atoms with Crippen molar-refractivity contribution < 1.29 is 18.8 Å². The van der Waals surface area contributed by atoms with Gasteiger partial charge in [-0.05, 0) is 60.5 Å². The standard InChI is InChI=1S/C25H22ClN5O4/c1-16-14-20(6-7-21(16)26)34-15-17-2-4-19(5-3-17)25(33)30-29-22(32)8-9-23-28-24(31-35-23)18-10-12-27-13-11-18/h2-7,10-14H,8-9,15H2,1H3,(H,29,32)(H,30,33). The quantitative estimate of drug-likeness (QED) is 0.356.